The molecule has 2 aliphatic heterocycles. The number of benzene rings is 1. The molecule has 0 aliphatic carbocycles. The zero-order chi connectivity index (χ0) is 22.2. The van der Waals surface area contributed by atoms with E-state index in [2.05, 4.69) is 59.8 Å². The lowest BCUT2D eigenvalue weighted by Gasteiger charge is -2.44. The van der Waals surface area contributed by atoms with Crippen molar-refractivity contribution in [3.8, 4) is 0 Å². The summed E-state index contributed by atoms with van der Waals surface area (Å²) in [5.74, 6) is 1.28. The molecule has 1 aromatic carbocycles. The van der Waals surface area contributed by atoms with E-state index in [-0.39, 0.29) is 0 Å². The summed E-state index contributed by atoms with van der Waals surface area (Å²) in [6, 6.07) is 11.7. The minimum atomic E-state index is 0.608. The highest BCUT2D eigenvalue weighted by Gasteiger charge is 2.44. The fourth-order valence-corrected chi connectivity index (χ4v) is 6.16. The van der Waals surface area contributed by atoms with E-state index in [9.17, 15) is 0 Å². The number of para-hydroxylation sites is 2. The van der Waals surface area contributed by atoms with Crippen LogP contribution in [0.4, 0.5) is 0 Å². The van der Waals surface area contributed by atoms with Gasteiger partial charge < -0.3 is 9.88 Å². The Balaban J connectivity index is 0.00000132. The third-order valence-corrected chi connectivity index (χ3v) is 7.24. The molecule has 0 spiro atoms. The van der Waals surface area contributed by atoms with Crippen molar-refractivity contribution in [2.45, 2.75) is 117 Å². The first-order valence-electron chi connectivity index (χ1n) is 13.2. The van der Waals surface area contributed by atoms with Crippen molar-refractivity contribution in [2.75, 3.05) is 13.1 Å². The number of hydrogen-bond acceptors (Lipinski definition) is 3. The van der Waals surface area contributed by atoms with Gasteiger partial charge in [-0.3, -0.25) is 4.90 Å². The number of hydrogen-bond donors (Lipinski definition) is 1. The summed E-state index contributed by atoms with van der Waals surface area (Å²) in [5.41, 5.74) is 2.51. The number of aromatic nitrogens is 2. The summed E-state index contributed by atoms with van der Waals surface area (Å²) in [5, 5.41) is 3.49. The maximum atomic E-state index is 5.05. The van der Waals surface area contributed by atoms with Gasteiger partial charge in [0.1, 0.15) is 5.82 Å². The quantitative estimate of drug-likeness (QED) is 0.449. The Hall–Kier alpha value is -1.39. The van der Waals surface area contributed by atoms with Crippen LogP contribution in [0.2, 0.25) is 0 Å². The average molecular weight is 427 g/mol. The van der Waals surface area contributed by atoms with Gasteiger partial charge in [-0.2, -0.15) is 0 Å². The molecule has 1 N–H and O–H groups in total. The van der Waals surface area contributed by atoms with Crippen LogP contribution in [0.1, 0.15) is 97.9 Å². The van der Waals surface area contributed by atoms with Gasteiger partial charge in [0.05, 0.1) is 11.0 Å². The van der Waals surface area contributed by atoms with E-state index < -0.39 is 0 Å². The van der Waals surface area contributed by atoms with Crippen molar-refractivity contribution in [1.29, 1.82) is 0 Å². The number of nitrogens with zero attached hydrogens (tertiary/aromatic N) is 3. The van der Waals surface area contributed by atoms with Crippen molar-refractivity contribution < 1.29 is 0 Å². The second kappa shape index (κ2) is 12.0. The minimum absolute atomic E-state index is 0.608. The van der Waals surface area contributed by atoms with E-state index in [0.29, 0.717) is 6.04 Å². The monoisotopic (exact) mass is 426 g/mol. The Morgan fingerprint density at radius 2 is 1.61 bits per heavy atom. The average Bonchev–Trinajstić information content (AvgIpc) is 3.29. The zero-order valence-corrected chi connectivity index (χ0v) is 20.7. The Morgan fingerprint density at radius 3 is 2.23 bits per heavy atom. The second-order valence-corrected chi connectivity index (χ2v) is 9.18. The number of nitrogens with one attached hydrogen (secondary N) is 1. The SMILES string of the molecule is CC.CCCC(CCC)N1C2CCC1CC(n1c(CCNCC)nc3ccccc31)C2. The maximum Gasteiger partial charge on any atom is 0.111 e. The van der Waals surface area contributed by atoms with Gasteiger partial charge >= 0.3 is 0 Å². The second-order valence-electron chi connectivity index (χ2n) is 9.18. The van der Waals surface area contributed by atoms with Crippen LogP contribution < -0.4 is 5.32 Å². The van der Waals surface area contributed by atoms with E-state index in [1.807, 2.05) is 13.8 Å². The molecule has 2 unspecified atom stereocenters. The first kappa shape index (κ1) is 24.3. The van der Waals surface area contributed by atoms with E-state index in [1.165, 1.54) is 68.2 Å². The molecule has 4 nitrogen and oxygen atoms in total. The molecule has 3 heterocycles. The third-order valence-electron chi connectivity index (χ3n) is 7.24. The number of fused-ring (bicyclic) bond motifs is 3. The predicted molar refractivity (Wildman–Crippen MR) is 134 cm³/mol. The summed E-state index contributed by atoms with van der Waals surface area (Å²) < 4.78 is 2.63. The Labute approximate surface area is 190 Å². The highest BCUT2D eigenvalue weighted by atomic mass is 15.3. The molecule has 2 atom stereocenters. The van der Waals surface area contributed by atoms with Gasteiger partial charge in [0.2, 0.25) is 0 Å². The lowest BCUT2D eigenvalue weighted by atomic mass is 9.92. The van der Waals surface area contributed by atoms with Crippen LogP contribution in [-0.4, -0.2) is 45.7 Å². The summed E-state index contributed by atoms with van der Waals surface area (Å²) in [4.78, 5) is 8.01. The van der Waals surface area contributed by atoms with Crippen LogP contribution in [0.3, 0.4) is 0 Å². The first-order valence-corrected chi connectivity index (χ1v) is 13.2. The summed E-state index contributed by atoms with van der Waals surface area (Å²) in [6.45, 7) is 12.9. The summed E-state index contributed by atoms with van der Waals surface area (Å²) in [7, 11) is 0. The standard InChI is InChI=1S/C25H40N4.C2H6/c1-4-9-19(10-5-2)28-20-13-14-21(28)18-22(17-20)29-24-12-8-7-11-23(24)27-25(29)15-16-26-6-3;1-2/h7-8,11-12,19-22,26H,4-6,9-10,13-18H2,1-3H3;1-2H3. The molecule has 174 valence electrons. The van der Waals surface area contributed by atoms with Crippen molar-refractivity contribution in [3.63, 3.8) is 0 Å². The van der Waals surface area contributed by atoms with Crippen LogP contribution in [0.15, 0.2) is 24.3 Å². The molecule has 4 heteroatoms. The van der Waals surface area contributed by atoms with Crippen LogP contribution in [0.5, 0.6) is 0 Å². The van der Waals surface area contributed by atoms with Crippen LogP contribution in [0.25, 0.3) is 11.0 Å². The van der Waals surface area contributed by atoms with Gasteiger partial charge in [0, 0.05) is 37.1 Å². The molecule has 0 radical (unpaired) electrons. The minimum Gasteiger partial charge on any atom is -0.325 e. The Morgan fingerprint density at radius 1 is 0.968 bits per heavy atom. The van der Waals surface area contributed by atoms with E-state index in [0.717, 1.165) is 37.6 Å². The molecule has 2 saturated heterocycles. The summed E-state index contributed by atoms with van der Waals surface area (Å²) in [6.07, 6.45) is 11.8. The zero-order valence-electron chi connectivity index (χ0n) is 20.7. The largest absolute Gasteiger partial charge is 0.325 e. The Bertz CT molecular complexity index is 763. The molecular weight excluding hydrogens is 380 g/mol. The molecule has 2 aliphatic rings. The highest BCUT2D eigenvalue weighted by molar-refractivity contribution is 5.76. The van der Waals surface area contributed by atoms with Gasteiger partial charge in [-0.25, -0.2) is 4.98 Å². The van der Waals surface area contributed by atoms with E-state index >= 15 is 0 Å². The smallest absolute Gasteiger partial charge is 0.111 e. The molecule has 2 bridgehead atoms. The molecule has 4 rings (SSSR count). The van der Waals surface area contributed by atoms with Crippen molar-refractivity contribution in [2.24, 2.45) is 0 Å². The van der Waals surface area contributed by atoms with Crippen LogP contribution in [0, 0.1) is 0 Å². The number of piperidine rings is 1. The number of rotatable bonds is 10. The predicted octanol–water partition coefficient (Wildman–Crippen LogP) is 6.35. The molecule has 31 heavy (non-hydrogen) atoms. The molecular formula is C27H46N4. The molecule has 2 fully saturated rings. The molecule has 2 aromatic rings. The Kier molecular flexibility index (Phi) is 9.40. The summed E-state index contributed by atoms with van der Waals surface area (Å²) >= 11 is 0. The topological polar surface area (TPSA) is 33.1 Å². The molecule has 1 aromatic heterocycles. The van der Waals surface area contributed by atoms with Crippen LogP contribution >= 0.6 is 0 Å². The normalized spacial score (nSPS) is 23.4. The molecule has 0 amide bonds. The lowest BCUT2D eigenvalue weighted by molar-refractivity contribution is 0.0534. The highest BCUT2D eigenvalue weighted by Crippen LogP contribution is 2.44. The van der Waals surface area contributed by atoms with Gasteiger partial charge in [-0.05, 0) is 57.2 Å². The van der Waals surface area contributed by atoms with Crippen molar-refractivity contribution in [3.05, 3.63) is 30.1 Å². The first-order chi connectivity index (χ1) is 15.3. The fourth-order valence-electron chi connectivity index (χ4n) is 6.16. The lowest BCUT2D eigenvalue weighted by Crippen LogP contribution is -2.49. The number of imidazole rings is 1. The number of likely N-dealkylation sites (N-methyl/N-ethyl adjacent to an activating group) is 1. The van der Waals surface area contributed by atoms with Crippen molar-refractivity contribution >= 4 is 11.0 Å². The maximum absolute atomic E-state index is 5.05. The van der Waals surface area contributed by atoms with Gasteiger partial charge in [0.15, 0.2) is 0 Å². The molecule has 0 saturated carbocycles. The van der Waals surface area contributed by atoms with Gasteiger partial charge in [-0.1, -0.05) is 59.6 Å². The van der Waals surface area contributed by atoms with Gasteiger partial charge in [-0.15, -0.1) is 0 Å². The van der Waals surface area contributed by atoms with Crippen molar-refractivity contribution in [1.82, 2.24) is 19.8 Å². The van der Waals surface area contributed by atoms with E-state index in [4.69, 9.17) is 4.98 Å². The van der Waals surface area contributed by atoms with E-state index in [1.54, 1.807) is 0 Å². The van der Waals surface area contributed by atoms with Gasteiger partial charge in [0.25, 0.3) is 0 Å². The van der Waals surface area contributed by atoms with Crippen LogP contribution in [-0.2, 0) is 6.42 Å². The third kappa shape index (κ3) is 5.34. The fraction of sp³-hybridized carbons (Fsp3) is 0.741.